The summed E-state index contributed by atoms with van der Waals surface area (Å²) in [6.45, 7) is 3.71. The molecule has 0 amide bonds. The molecule has 0 unspecified atom stereocenters. The normalized spacial score (nSPS) is 14.7. The van der Waals surface area contributed by atoms with E-state index in [2.05, 4.69) is 61.5 Å². The van der Waals surface area contributed by atoms with Crippen LogP contribution in [0.1, 0.15) is 70.3 Å². The molecule has 0 atom stereocenters. The minimum absolute atomic E-state index is 0.107. The molecule has 5 heteroatoms. The zero-order valence-electron chi connectivity index (χ0n) is 31.5. The molecule has 8 aromatic rings. The second kappa shape index (κ2) is 10.2. The molecular weight excluding hydrogens is 554 g/mol. The fourth-order valence-electron chi connectivity index (χ4n) is 6.55. The monoisotopic (exact) mass is 595 g/mol. The van der Waals surface area contributed by atoms with Crippen molar-refractivity contribution in [3.63, 3.8) is 0 Å². The maximum Gasteiger partial charge on any atom is 0.197 e. The molecular formula is C40H35N3O2. The molecule has 0 aliphatic rings. The number of hydrogen-bond donors (Lipinski definition) is 0. The number of imidazole rings is 1. The van der Waals surface area contributed by atoms with E-state index in [1.165, 1.54) is 0 Å². The maximum atomic E-state index is 8.46. The standard InChI is InChI=1S/C40H35N3O2/c1-22(2)30-20-27(26-12-8-7-9-13-26)21-31(23(3)4)36(30)43-34-15-11-10-14-32(34)42-40(43)29-17-16-24(5)35-28-18-19-33-39(44-25(6)41-33)38(28)45-37(29)35/h7-23H,1-6H3/i5D3,6D3. The Hall–Kier alpha value is -5.16. The van der Waals surface area contributed by atoms with Crippen LogP contribution >= 0.6 is 0 Å². The van der Waals surface area contributed by atoms with E-state index in [0.29, 0.717) is 33.3 Å². The lowest BCUT2D eigenvalue weighted by molar-refractivity contribution is 0.554. The number of rotatable bonds is 5. The maximum absolute atomic E-state index is 8.46. The average Bonchev–Trinajstić information content (AvgIpc) is 3.80. The van der Waals surface area contributed by atoms with E-state index in [9.17, 15) is 0 Å². The smallest absolute Gasteiger partial charge is 0.197 e. The van der Waals surface area contributed by atoms with Crippen LogP contribution in [0.25, 0.3) is 72.3 Å². The third-order valence-electron chi connectivity index (χ3n) is 8.69. The summed E-state index contributed by atoms with van der Waals surface area (Å²) in [6, 6.07) is 29.6. The third-order valence-corrected chi connectivity index (χ3v) is 8.69. The minimum atomic E-state index is -2.57. The minimum Gasteiger partial charge on any atom is -0.451 e. The summed E-state index contributed by atoms with van der Waals surface area (Å²) in [5.41, 5.74) is 8.92. The Labute approximate surface area is 270 Å². The number of hydrogen-bond acceptors (Lipinski definition) is 4. The second-order valence-corrected chi connectivity index (χ2v) is 12.2. The topological polar surface area (TPSA) is 57.0 Å². The molecule has 0 N–H and O–H groups in total. The summed E-state index contributed by atoms with van der Waals surface area (Å²) in [6.07, 6.45) is 0. The van der Waals surface area contributed by atoms with Crippen molar-refractivity contribution in [3.05, 3.63) is 114 Å². The predicted molar refractivity (Wildman–Crippen MR) is 184 cm³/mol. The largest absolute Gasteiger partial charge is 0.451 e. The lowest BCUT2D eigenvalue weighted by atomic mass is 9.88. The van der Waals surface area contributed by atoms with E-state index in [1.54, 1.807) is 24.3 Å². The molecule has 8 rings (SSSR count). The molecule has 0 aliphatic carbocycles. The van der Waals surface area contributed by atoms with Crippen LogP contribution in [0, 0.1) is 13.7 Å². The highest BCUT2D eigenvalue weighted by Gasteiger charge is 2.26. The Kier molecular flexibility index (Phi) is 4.88. The number of benzene rings is 5. The van der Waals surface area contributed by atoms with Gasteiger partial charge in [0.05, 0.1) is 22.3 Å². The molecule has 0 saturated carbocycles. The van der Waals surface area contributed by atoms with Gasteiger partial charge in [-0.1, -0.05) is 76.2 Å². The molecule has 5 aromatic carbocycles. The zero-order valence-corrected chi connectivity index (χ0v) is 25.5. The lowest BCUT2D eigenvalue weighted by Gasteiger charge is -2.24. The van der Waals surface area contributed by atoms with Gasteiger partial charge < -0.3 is 8.83 Å². The lowest BCUT2D eigenvalue weighted by Crippen LogP contribution is -2.09. The van der Waals surface area contributed by atoms with Crippen molar-refractivity contribution in [2.45, 2.75) is 53.2 Å². The van der Waals surface area contributed by atoms with Gasteiger partial charge in [0.25, 0.3) is 0 Å². The highest BCUT2D eigenvalue weighted by molar-refractivity contribution is 6.16. The van der Waals surface area contributed by atoms with Crippen molar-refractivity contribution >= 4 is 44.1 Å². The molecule has 0 fully saturated rings. The second-order valence-electron chi connectivity index (χ2n) is 12.2. The van der Waals surface area contributed by atoms with Crippen molar-refractivity contribution in [2.75, 3.05) is 0 Å². The van der Waals surface area contributed by atoms with Gasteiger partial charge in [0.15, 0.2) is 17.1 Å². The summed E-state index contributed by atoms with van der Waals surface area (Å²) < 4.78 is 63.5. The van der Waals surface area contributed by atoms with Crippen molar-refractivity contribution in [1.29, 1.82) is 0 Å². The van der Waals surface area contributed by atoms with Gasteiger partial charge in [-0.3, -0.25) is 4.57 Å². The first-order valence-corrected chi connectivity index (χ1v) is 15.2. The first kappa shape index (κ1) is 21.5. The summed E-state index contributed by atoms with van der Waals surface area (Å²) in [4.78, 5) is 9.41. The molecule has 3 aromatic heterocycles. The molecule has 45 heavy (non-hydrogen) atoms. The molecule has 0 bridgehead atoms. The molecule has 3 heterocycles. The van der Waals surface area contributed by atoms with E-state index in [0.717, 1.165) is 39.0 Å². The van der Waals surface area contributed by atoms with Crippen molar-refractivity contribution in [3.8, 4) is 28.2 Å². The van der Waals surface area contributed by atoms with Crippen LogP contribution in [0.3, 0.4) is 0 Å². The van der Waals surface area contributed by atoms with Crippen LogP contribution in [-0.2, 0) is 0 Å². The van der Waals surface area contributed by atoms with Gasteiger partial charge in [-0.2, -0.15) is 0 Å². The van der Waals surface area contributed by atoms with Gasteiger partial charge in [0.1, 0.15) is 16.9 Å². The Morgan fingerprint density at radius 2 is 1.42 bits per heavy atom. The Morgan fingerprint density at radius 3 is 2.16 bits per heavy atom. The molecule has 0 radical (unpaired) electrons. The number of aromatic nitrogens is 3. The van der Waals surface area contributed by atoms with Gasteiger partial charge in [-0.05, 0) is 89.0 Å². The fraction of sp³-hybridized carbons (Fsp3) is 0.200. The SMILES string of the molecule is [2H]C([2H])([2H])c1nc2ccc3c(oc4c(-c5nc6ccccc6n5-c5c(C(C)C)cc(-c6ccccc6)cc5C(C)C)ccc(C([2H])([2H])[2H])c43)c2o1. The third kappa shape index (κ3) is 4.21. The molecule has 0 spiro atoms. The van der Waals surface area contributed by atoms with Gasteiger partial charge >= 0.3 is 0 Å². The fourth-order valence-corrected chi connectivity index (χ4v) is 6.55. The van der Waals surface area contributed by atoms with Crippen LogP contribution in [0.2, 0.25) is 0 Å². The van der Waals surface area contributed by atoms with E-state index >= 15 is 0 Å². The van der Waals surface area contributed by atoms with Gasteiger partial charge in [0, 0.05) is 25.8 Å². The Morgan fingerprint density at radius 1 is 0.667 bits per heavy atom. The van der Waals surface area contributed by atoms with E-state index < -0.39 is 19.6 Å². The predicted octanol–water partition coefficient (Wildman–Crippen LogP) is 11.3. The van der Waals surface area contributed by atoms with Crippen LogP contribution in [-0.4, -0.2) is 14.5 Å². The highest BCUT2D eigenvalue weighted by Crippen LogP contribution is 2.44. The number of aryl methyl sites for hydroxylation is 2. The first-order chi connectivity index (χ1) is 24.2. The summed E-state index contributed by atoms with van der Waals surface area (Å²) in [7, 11) is 0. The molecule has 0 aliphatic heterocycles. The average molecular weight is 596 g/mol. The van der Waals surface area contributed by atoms with E-state index in [1.807, 2.05) is 42.5 Å². The van der Waals surface area contributed by atoms with Crippen LogP contribution in [0.4, 0.5) is 0 Å². The van der Waals surface area contributed by atoms with Crippen LogP contribution < -0.4 is 0 Å². The summed E-state index contributed by atoms with van der Waals surface area (Å²) in [5, 5.41) is 0.877. The first-order valence-electron chi connectivity index (χ1n) is 18.2. The Bertz CT molecular complexity index is 2600. The van der Waals surface area contributed by atoms with Crippen molar-refractivity contribution in [1.82, 2.24) is 14.5 Å². The zero-order chi connectivity index (χ0) is 36.0. The van der Waals surface area contributed by atoms with Gasteiger partial charge in [0.2, 0.25) is 0 Å². The van der Waals surface area contributed by atoms with E-state index in [-0.39, 0.29) is 28.6 Å². The number of oxazole rings is 1. The van der Waals surface area contributed by atoms with Gasteiger partial charge in [-0.15, -0.1) is 0 Å². The van der Waals surface area contributed by atoms with Gasteiger partial charge in [-0.25, -0.2) is 9.97 Å². The number of nitrogens with zero attached hydrogens (tertiary/aromatic N) is 3. The quantitative estimate of drug-likeness (QED) is 0.199. The number of furan rings is 1. The van der Waals surface area contributed by atoms with Crippen LogP contribution in [0.15, 0.2) is 99.8 Å². The molecule has 0 saturated heterocycles. The van der Waals surface area contributed by atoms with Crippen molar-refractivity contribution in [2.24, 2.45) is 0 Å². The highest BCUT2D eigenvalue weighted by atomic mass is 16.4. The number of fused-ring (bicyclic) bond motifs is 6. The summed E-state index contributed by atoms with van der Waals surface area (Å²) >= 11 is 0. The van der Waals surface area contributed by atoms with Crippen molar-refractivity contribution < 1.29 is 17.1 Å². The molecule has 5 nitrogen and oxygen atoms in total. The van der Waals surface area contributed by atoms with E-state index in [4.69, 9.17) is 22.0 Å². The summed E-state index contributed by atoms with van der Waals surface area (Å²) in [5.74, 6) is 0.466. The number of para-hydroxylation sites is 2. The Balaban J connectivity index is 1.50. The van der Waals surface area contributed by atoms with Crippen LogP contribution in [0.5, 0.6) is 0 Å². The molecule has 222 valence electrons.